The topological polar surface area (TPSA) is 88.1 Å². The zero-order valence-electron chi connectivity index (χ0n) is 18.7. The number of carboxylic acid groups (broad SMARTS) is 1. The summed E-state index contributed by atoms with van der Waals surface area (Å²) in [6.45, 7) is 7.43. The molecule has 6 nitrogen and oxygen atoms in total. The molecule has 0 aromatic heterocycles. The third-order valence-electron chi connectivity index (χ3n) is 5.73. The van der Waals surface area contributed by atoms with Gasteiger partial charge in [0.15, 0.2) is 5.17 Å². The first-order valence-corrected chi connectivity index (χ1v) is 14.9. The predicted octanol–water partition coefficient (Wildman–Crippen LogP) is 4.75. The van der Waals surface area contributed by atoms with E-state index in [1.807, 2.05) is 0 Å². The van der Waals surface area contributed by atoms with Gasteiger partial charge in [0.05, 0.1) is 4.75 Å². The number of ether oxygens (including phenoxy) is 1. The van der Waals surface area contributed by atoms with E-state index in [-0.39, 0.29) is 23.1 Å². The highest BCUT2D eigenvalue weighted by molar-refractivity contribution is 8.15. The minimum Gasteiger partial charge on any atom is -0.465 e. The molecule has 3 rings (SSSR count). The lowest BCUT2D eigenvalue weighted by molar-refractivity contribution is 0.0699. The lowest BCUT2D eigenvalue weighted by Crippen LogP contribution is -2.45. The molecule has 1 aliphatic heterocycles. The van der Waals surface area contributed by atoms with Crippen LogP contribution in [0.1, 0.15) is 18.9 Å². The van der Waals surface area contributed by atoms with E-state index in [1.165, 1.54) is 30.0 Å². The number of anilines is 1. The second-order valence-electron chi connectivity index (χ2n) is 9.37. The molecule has 1 fully saturated rings. The molecule has 0 saturated heterocycles. The molecule has 0 bridgehead atoms. The lowest BCUT2D eigenvalue weighted by Gasteiger charge is -2.36. The fourth-order valence-corrected chi connectivity index (χ4v) is 6.15. The molecule has 1 heterocycles. The molecular weight excluding hydrogens is 452 g/mol. The van der Waals surface area contributed by atoms with Crippen LogP contribution < -0.4 is 5.73 Å². The first-order valence-electron chi connectivity index (χ1n) is 10.4. The van der Waals surface area contributed by atoms with E-state index in [0.717, 1.165) is 10.9 Å². The van der Waals surface area contributed by atoms with Crippen LogP contribution in [0.5, 0.6) is 0 Å². The minimum absolute atomic E-state index is 0.0209. The summed E-state index contributed by atoms with van der Waals surface area (Å²) in [5, 5.41) is 9.90. The minimum atomic E-state index is -1.60. The van der Waals surface area contributed by atoms with Crippen molar-refractivity contribution >= 4 is 36.8 Å². The standard InChI is InChI=1S/C22H29F2N3O3SSi/c1-5-8-21-12-18(21)22(13-23,16-11-15(25)6-7-17(16)24)26-19(31-21)27(20(28)29)14-30-9-10-32(2,3)4/h6-7,11,18H,9-10,12-14,25H2,1-4H3,(H,28,29)/t18-,21+,22-/m1/s1. The third-order valence-corrected chi connectivity index (χ3v) is 8.85. The molecule has 1 aliphatic carbocycles. The molecular formula is C22H29F2N3O3SSi. The van der Waals surface area contributed by atoms with Crippen LogP contribution in [0.2, 0.25) is 25.7 Å². The Morgan fingerprint density at radius 2 is 2.19 bits per heavy atom. The summed E-state index contributed by atoms with van der Waals surface area (Å²) >= 11 is 1.18. The van der Waals surface area contributed by atoms with Gasteiger partial charge in [0.25, 0.3) is 0 Å². The number of nitrogens with two attached hydrogens (primary N) is 1. The normalized spacial score (nSPS) is 26.4. The fraction of sp³-hybridized carbons (Fsp3) is 0.545. The van der Waals surface area contributed by atoms with Crippen LogP contribution in [0, 0.1) is 23.6 Å². The first kappa shape index (κ1) is 24.5. The second kappa shape index (κ2) is 9.04. The molecule has 32 heavy (non-hydrogen) atoms. The highest BCUT2D eigenvalue weighted by Gasteiger charge is 2.69. The van der Waals surface area contributed by atoms with Crippen LogP contribution in [0.15, 0.2) is 23.2 Å². The van der Waals surface area contributed by atoms with Gasteiger partial charge in [0, 0.05) is 31.8 Å². The number of alkyl halides is 1. The van der Waals surface area contributed by atoms with E-state index >= 15 is 0 Å². The van der Waals surface area contributed by atoms with Crippen LogP contribution in [-0.4, -0.2) is 54.1 Å². The maximum absolute atomic E-state index is 14.9. The van der Waals surface area contributed by atoms with Crippen LogP contribution in [0.3, 0.4) is 0 Å². The zero-order chi connectivity index (χ0) is 23.7. The van der Waals surface area contributed by atoms with Gasteiger partial charge in [0.1, 0.15) is 24.8 Å². The molecule has 0 radical (unpaired) electrons. The zero-order valence-corrected chi connectivity index (χ0v) is 20.6. The van der Waals surface area contributed by atoms with Gasteiger partial charge < -0.3 is 15.6 Å². The molecule has 1 aromatic rings. The van der Waals surface area contributed by atoms with Crippen LogP contribution in [-0.2, 0) is 10.3 Å². The van der Waals surface area contributed by atoms with Gasteiger partial charge in [-0.2, -0.15) is 0 Å². The van der Waals surface area contributed by atoms with Crippen molar-refractivity contribution in [2.24, 2.45) is 10.9 Å². The fourth-order valence-electron chi connectivity index (χ4n) is 3.88. The van der Waals surface area contributed by atoms with Gasteiger partial charge in [-0.15, -0.1) is 5.92 Å². The number of hydrogen-bond acceptors (Lipinski definition) is 5. The summed E-state index contributed by atoms with van der Waals surface area (Å²) in [4.78, 5) is 17.5. The van der Waals surface area contributed by atoms with Crippen molar-refractivity contribution in [3.8, 4) is 11.8 Å². The van der Waals surface area contributed by atoms with Crippen molar-refractivity contribution in [2.45, 2.75) is 49.3 Å². The number of rotatable bonds is 7. The second-order valence-corrected chi connectivity index (χ2v) is 16.3. The van der Waals surface area contributed by atoms with Crippen LogP contribution >= 0.6 is 11.8 Å². The van der Waals surface area contributed by atoms with Gasteiger partial charge >= 0.3 is 6.09 Å². The predicted molar refractivity (Wildman–Crippen MR) is 127 cm³/mol. The Bertz CT molecular complexity index is 991. The number of carbonyl (C=O) groups is 1. The number of fused-ring (bicyclic) bond motifs is 1. The highest BCUT2D eigenvalue weighted by Crippen LogP contribution is 2.66. The van der Waals surface area contributed by atoms with Crippen LogP contribution in [0.4, 0.5) is 19.3 Å². The van der Waals surface area contributed by atoms with E-state index in [9.17, 15) is 18.7 Å². The Kier molecular flexibility index (Phi) is 6.93. The molecule has 1 amide bonds. The molecule has 3 N–H and O–H groups in total. The molecule has 2 aliphatic rings. The largest absolute Gasteiger partial charge is 0.465 e. The number of amidine groups is 1. The maximum Gasteiger partial charge on any atom is 0.415 e. The quantitative estimate of drug-likeness (QED) is 0.193. The van der Waals surface area contributed by atoms with Crippen molar-refractivity contribution in [1.82, 2.24) is 4.90 Å². The van der Waals surface area contributed by atoms with Crippen molar-refractivity contribution in [1.29, 1.82) is 0 Å². The molecule has 3 atom stereocenters. The van der Waals surface area contributed by atoms with Gasteiger partial charge in [-0.1, -0.05) is 37.3 Å². The number of halogens is 2. The molecule has 174 valence electrons. The van der Waals surface area contributed by atoms with Gasteiger partial charge in [-0.3, -0.25) is 0 Å². The Morgan fingerprint density at radius 3 is 2.78 bits per heavy atom. The summed E-state index contributed by atoms with van der Waals surface area (Å²) in [7, 11) is -1.36. The van der Waals surface area contributed by atoms with Crippen LogP contribution in [0.25, 0.3) is 0 Å². The lowest BCUT2D eigenvalue weighted by atomic mass is 9.84. The third kappa shape index (κ3) is 4.80. The number of nitrogens with zero attached hydrogens (tertiary/aromatic N) is 2. The number of hydrogen-bond donors (Lipinski definition) is 2. The van der Waals surface area contributed by atoms with Crippen molar-refractivity contribution in [3.63, 3.8) is 0 Å². The van der Waals surface area contributed by atoms with Crippen molar-refractivity contribution < 1.29 is 23.4 Å². The van der Waals surface area contributed by atoms with Gasteiger partial charge in [0.2, 0.25) is 0 Å². The Morgan fingerprint density at radius 1 is 1.47 bits per heavy atom. The van der Waals surface area contributed by atoms with Gasteiger partial charge in [-0.05, 0) is 37.6 Å². The van der Waals surface area contributed by atoms with E-state index in [2.05, 4.69) is 36.5 Å². The van der Waals surface area contributed by atoms with E-state index in [1.54, 1.807) is 6.92 Å². The summed E-state index contributed by atoms with van der Waals surface area (Å²) in [5.41, 5.74) is 4.56. The first-order chi connectivity index (χ1) is 15.0. The molecule has 0 unspecified atom stereocenters. The van der Waals surface area contributed by atoms with Crippen molar-refractivity contribution in [2.75, 3.05) is 25.7 Å². The maximum atomic E-state index is 14.9. The Hall–Kier alpha value is -2.09. The number of thioether (sulfide) groups is 1. The monoisotopic (exact) mass is 481 g/mol. The summed E-state index contributed by atoms with van der Waals surface area (Å²) in [6, 6.07) is 4.83. The van der Waals surface area contributed by atoms with E-state index in [0.29, 0.717) is 13.0 Å². The number of benzene rings is 1. The number of nitrogen functional groups attached to an aromatic ring is 1. The smallest absolute Gasteiger partial charge is 0.415 e. The Labute approximate surface area is 192 Å². The Balaban J connectivity index is 2.01. The molecule has 0 spiro atoms. The SMILES string of the molecule is CC#C[C@]12C[C@H]1[C@@](CF)(c1cc(N)ccc1F)N=C(N(COCC[Si](C)(C)C)C(=O)O)S2. The summed E-state index contributed by atoms with van der Waals surface area (Å²) in [6.07, 6.45) is -0.808. The number of aliphatic imine (C=N–C) groups is 1. The molecule has 10 heteroatoms. The van der Waals surface area contributed by atoms with E-state index in [4.69, 9.17) is 10.5 Å². The number of amides is 1. The van der Waals surface area contributed by atoms with Gasteiger partial charge in [-0.25, -0.2) is 23.5 Å². The average Bonchev–Trinajstić information content (AvgIpc) is 3.42. The molecule has 1 aromatic carbocycles. The molecule has 1 saturated carbocycles. The summed E-state index contributed by atoms with van der Waals surface area (Å²) < 4.78 is 34.5. The highest BCUT2D eigenvalue weighted by atomic mass is 32.2. The van der Waals surface area contributed by atoms with Crippen molar-refractivity contribution in [3.05, 3.63) is 29.6 Å². The summed E-state index contributed by atoms with van der Waals surface area (Å²) in [5.74, 6) is 4.92. The average molecular weight is 482 g/mol. The van der Waals surface area contributed by atoms with E-state index < -0.39 is 42.9 Å².